The quantitative estimate of drug-likeness (QED) is 0.192. The van der Waals surface area contributed by atoms with Crippen LogP contribution >= 0.6 is 23.1 Å². The van der Waals surface area contributed by atoms with E-state index in [2.05, 4.69) is 10.6 Å². The number of esters is 1. The Hall–Kier alpha value is -3.90. The van der Waals surface area contributed by atoms with Crippen molar-refractivity contribution in [2.24, 2.45) is 0 Å². The highest BCUT2D eigenvalue weighted by Gasteiger charge is 2.53. The second kappa shape index (κ2) is 10.2. The molecule has 0 saturated carbocycles. The number of fused-ring (bicyclic) bond motifs is 2. The van der Waals surface area contributed by atoms with Crippen molar-refractivity contribution >= 4 is 62.3 Å². The number of ether oxygens (including phenoxy) is 1. The third kappa shape index (κ3) is 4.89. The fourth-order valence-corrected chi connectivity index (χ4v) is 6.42. The smallest absolute Gasteiger partial charge is 0.355 e. The van der Waals surface area contributed by atoms with E-state index in [4.69, 9.17) is 4.74 Å². The largest absolute Gasteiger partial charge is 0.456 e. The van der Waals surface area contributed by atoms with Crippen LogP contribution in [0.25, 0.3) is 10.1 Å². The molecule has 12 heteroatoms. The summed E-state index contributed by atoms with van der Waals surface area (Å²) in [5, 5.41) is 19.3. The zero-order valence-corrected chi connectivity index (χ0v) is 21.3. The summed E-state index contributed by atoms with van der Waals surface area (Å²) in [6.07, 6.45) is 0. The van der Waals surface area contributed by atoms with Crippen molar-refractivity contribution in [3.05, 3.63) is 80.9 Å². The van der Waals surface area contributed by atoms with E-state index in [1.54, 1.807) is 18.3 Å². The first-order valence-electron chi connectivity index (χ1n) is 11.4. The lowest BCUT2D eigenvalue weighted by molar-refractivity contribution is -0.384. The molecule has 1 unspecified atom stereocenters. The number of carbonyl (C=O) groups excluding carboxylic acids is 3. The van der Waals surface area contributed by atoms with Crippen molar-refractivity contribution in [3.8, 4) is 0 Å². The topological polar surface area (TPSA) is 131 Å². The van der Waals surface area contributed by atoms with E-state index in [-0.39, 0.29) is 36.4 Å². The van der Waals surface area contributed by atoms with Crippen LogP contribution in [0.4, 0.5) is 11.4 Å². The average molecular weight is 539 g/mol. The molecule has 10 nitrogen and oxygen atoms in total. The fraction of sp³-hybridized carbons (Fsp3) is 0.240. The molecular weight excluding hydrogens is 516 g/mol. The minimum atomic E-state index is -0.732. The molecule has 1 fully saturated rings. The number of nitrogens with zero attached hydrogens (tertiary/aromatic N) is 2. The summed E-state index contributed by atoms with van der Waals surface area (Å²) in [6.45, 7) is 1.69. The molecule has 2 N–H and O–H groups in total. The van der Waals surface area contributed by atoms with Crippen molar-refractivity contribution < 1.29 is 24.0 Å². The lowest BCUT2D eigenvalue weighted by atomic mass is 10.0. The number of thiophene rings is 1. The van der Waals surface area contributed by atoms with Crippen LogP contribution in [0.2, 0.25) is 0 Å². The normalized spacial score (nSPS) is 18.7. The van der Waals surface area contributed by atoms with Crippen molar-refractivity contribution in [2.75, 3.05) is 17.6 Å². The van der Waals surface area contributed by atoms with Gasteiger partial charge < -0.3 is 15.4 Å². The number of rotatable bonds is 8. The standard InChI is InChI=1S/C25H22N4O6S2/c1-14-12-37-24-21(27-20(30)10-26-18-13-36-19-5-3-2-4-17(18)19)23(31)28(24)22(14)25(32)35-11-15-6-8-16(9-7-15)29(33)34/h2-9,13,21,24,26H,10-12H2,1H3,(H,27,30)/t21?,24-/m0/s1. The van der Waals surface area contributed by atoms with E-state index in [0.717, 1.165) is 15.8 Å². The van der Waals surface area contributed by atoms with Crippen LogP contribution in [0.1, 0.15) is 12.5 Å². The number of anilines is 1. The molecule has 2 amide bonds. The number of non-ortho nitro benzene ring substituents is 1. The molecule has 190 valence electrons. The Morgan fingerprint density at radius 2 is 1.95 bits per heavy atom. The maximum Gasteiger partial charge on any atom is 0.355 e. The first-order chi connectivity index (χ1) is 17.8. The van der Waals surface area contributed by atoms with Gasteiger partial charge in [0.1, 0.15) is 23.7 Å². The molecular formula is C25H22N4O6S2. The Morgan fingerprint density at radius 3 is 2.70 bits per heavy atom. The lowest BCUT2D eigenvalue weighted by Crippen LogP contribution is -2.70. The summed E-state index contributed by atoms with van der Waals surface area (Å²) in [7, 11) is 0. The second-order valence-corrected chi connectivity index (χ2v) is 10.6. The van der Waals surface area contributed by atoms with Gasteiger partial charge in [0.2, 0.25) is 5.91 Å². The zero-order chi connectivity index (χ0) is 26.1. The van der Waals surface area contributed by atoms with E-state index < -0.39 is 22.3 Å². The zero-order valence-electron chi connectivity index (χ0n) is 19.6. The third-order valence-corrected chi connectivity index (χ3v) is 8.49. The van der Waals surface area contributed by atoms with Crippen molar-refractivity contribution in [3.63, 3.8) is 0 Å². The van der Waals surface area contributed by atoms with E-state index in [9.17, 15) is 24.5 Å². The Bertz CT molecular complexity index is 1430. The van der Waals surface area contributed by atoms with Gasteiger partial charge in [0, 0.05) is 33.4 Å². The van der Waals surface area contributed by atoms with Crippen LogP contribution in [-0.4, -0.2) is 51.3 Å². The average Bonchev–Trinajstić information content (AvgIpc) is 3.32. The van der Waals surface area contributed by atoms with E-state index in [0.29, 0.717) is 16.9 Å². The number of carbonyl (C=O) groups is 3. The highest BCUT2D eigenvalue weighted by molar-refractivity contribution is 8.00. The molecule has 1 aromatic heterocycles. The molecule has 0 radical (unpaired) electrons. The second-order valence-electron chi connectivity index (χ2n) is 8.58. The number of nitrogens with one attached hydrogen (secondary N) is 2. The summed E-state index contributed by atoms with van der Waals surface area (Å²) in [5.41, 5.74) is 2.29. The van der Waals surface area contributed by atoms with Gasteiger partial charge in [0.15, 0.2) is 0 Å². The Labute approximate surface area is 219 Å². The van der Waals surface area contributed by atoms with Crippen LogP contribution < -0.4 is 10.6 Å². The van der Waals surface area contributed by atoms with E-state index in [1.807, 2.05) is 29.6 Å². The van der Waals surface area contributed by atoms with Gasteiger partial charge in [-0.25, -0.2) is 4.79 Å². The van der Waals surface area contributed by atoms with Crippen molar-refractivity contribution in [2.45, 2.75) is 24.9 Å². The molecule has 0 bridgehead atoms. The molecule has 2 aliphatic heterocycles. The fourth-order valence-electron chi connectivity index (χ4n) is 4.21. The van der Waals surface area contributed by atoms with Gasteiger partial charge in [0.25, 0.3) is 11.6 Å². The Morgan fingerprint density at radius 1 is 1.19 bits per heavy atom. The summed E-state index contributed by atoms with van der Waals surface area (Å²) in [6, 6.07) is 12.9. The summed E-state index contributed by atoms with van der Waals surface area (Å²) >= 11 is 3.06. The van der Waals surface area contributed by atoms with Crippen molar-refractivity contribution in [1.82, 2.24) is 10.2 Å². The highest BCUT2D eigenvalue weighted by Crippen LogP contribution is 2.40. The Balaban J connectivity index is 1.17. The van der Waals surface area contributed by atoms with Crippen LogP contribution in [0, 0.1) is 10.1 Å². The summed E-state index contributed by atoms with van der Waals surface area (Å²) < 4.78 is 6.52. The number of nitro benzene ring substituents is 1. The molecule has 5 rings (SSSR count). The van der Waals surface area contributed by atoms with Gasteiger partial charge in [-0.15, -0.1) is 23.1 Å². The molecule has 37 heavy (non-hydrogen) atoms. The predicted octanol–water partition coefficient (Wildman–Crippen LogP) is 3.64. The number of hydrogen-bond acceptors (Lipinski definition) is 9. The van der Waals surface area contributed by atoms with Crippen molar-refractivity contribution in [1.29, 1.82) is 0 Å². The van der Waals surface area contributed by atoms with E-state index >= 15 is 0 Å². The number of benzene rings is 2. The van der Waals surface area contributed by atoms with Gasteiger partial charge in [-0.05, 0) is 36.3 Å². The SMILES string of the molecule is CC1=C(C(=O)OCc2ccc([N+](=O)[O-])cc2)N2C(=O)C(NC(=O)CNc3csc4ccccc34)[C@@H]2SC1. The number of amides is 2. The molecule has 0 spiro atoms. The van der Waals surface area contributed by atoms with Crippen LogP contribution in [0.3, 0.4) is 0 Å². The van der Waals surface area contributed by atoms with E-state index in [1.165, 1.54) is 40.9 Å². The number of hydrogen-bond donors (Lipinski definition) is 2. The Kier molecular flexibility index (Phi) is 6.85. The maximum absolute atomic E-state index is 12.9. The minimum Gasteiger partial charge on any atom is -0.456 e. The predicted molar refractivity (Wildman–Crippen MR) is 141 cm³/mol. The van der Waals surface area contributed by atoms with Crippen LogP contribution in [0.5, 0.6) is 0 Å². The van der Waals surface area contributed by atoms with Gasteiger partial charge in [0.05, 0.1) is 17.2 Å². The number of nitro groups is 1. The maximum atomic E-state index is 12.9. The van der Waals surface area contributed by atoms with Gasteiger partial charge in [-0.3, -0.25) is 24.6 Å². The first kappa shape index (κ1) is 24.8. The number of β-lactam (4-membered cyclic amide) rings is 1. The molecule has 2 atom stereocenters. The molecule has 3 aromatic rings. The molecule has 1 saturated heterocycles. The monoisotopic (exact) mass is 538 g/mol. The molecule has 2 aromatic carbocycles. The first-order valence-corrected chi connectivity index (χ1v) is 13.3. The van der Waals surface area contributed by atoms with Crippen LogP contribution in [-0.2, 0) is 25.7 Å². The molecule has 3 heterocycles. The molecule has 0 aliphatic carbocycles. The highest BCUT2D eigenvalue weighted by atomic mass is 32.2. The molecule has 2 aliphatic rings. The van der Waals surface area contributed by atoms with Crippen LogP contribution in [0.15, 0.2) is 65.2 Å². The van der Waals surface area contributed by atoms with Gasteiger partial charge >= 0.3 is 5.97 Å². The van der Waals surface area contributed by atoms with Gasteiger partial charge in [-0.1, -0.05) is 18.2 Å². The minimum absolute atomic E-state index is 0.0148. The summed E-state index contributed by atoms with van der Waals surface area (Å²) in [5.74, 6) is -0.817. The lowest BCUT2D eigenvalue weighted by Gasteiger charge is -2.49. The summed E-state index contributed by atoms with van der Waals surface area (Å²) in [4.78, 5) is 50.1. The number of thioether (sulfide) groups is 1. The third-order valence-electron chi connectivity index (χ3n) is 6.11. The van der Waals surface area contributed by atoms with Gasteiger partial charge in [-0.2, -0.15) is 0 Å².